The maximum atomic E-state index is 12.7. The molecule has 0 N–H and O–H groups in total. The minimum atomic E-state index is -0.538. The topological polar surface area (TPSA) is 72.6 Å². The third-order valence-corrected chi connectivity index (χ3v) is 3.95. The average Bonchev–Trinajstić information content (AvgIpc) is 3.29. The van der Waals surface area contributed by atoms with Crippen molar-refractivity contribution in [2.45, 2.75) is 25.7 Å². The van der Waals surface area contributed by atoms with Gasteiger partial charge in [-0.15, -0.1) is 0 Å². The first-order valence-corrected chi connectivity index (χ1v) is 7.45. The molecule has 0 bridgehead atoms. The lowest BCUT2D eigenvalue weighted by Crippen LogP contribution is -2.27. The SMILES string of the molecule is COC(=O)N(C)c1cc(C)ccc1C(=O)c1cc(C2CC2)on1. The zero-order valence-corrected chi connectivity index (χ0v) is 13.3. The molecule has 1 amide bonds. The van der Waals surface area contributed by atoms with Gasteiger partial charge in [0.25, 0.3) is 0 Å². The first kappa shape index (κ1) is 15.3. The van der Waals surface area contributed by atoms with Crippen LogP contribution in [-0.2, 0) is 4.74 Å². The highest BCUT2D eigenvalue weighted by atomic mass is 16.5. The van der Waals surface area contributed by atoms with Crippen molar-refractivity contribution in [2.24, 2.45) is 0 Å². The number of nitrogens with zero attached hydrogens (tertiary/aromatic N) is 2. The molecule has 1 aromatic heterocycles. The summed E-state index contributed by atoms with van der Waals surface area (Å²) < 4.78 is 9.98. The average molecular weight is 314 g/mol. The molecule has 1 saturated carbocycles. The fourth-order valence-electron chi connectivity index (χ4n) is 2.44. The Kier molecular flexibility index (Phi) is 3.90. The molecule has 0 unspecified atom stereocenters. The highest BCUT2D eigenvalue weighted by molar-refractivity contribution is 6.12. The standard InChI is InChI=1S/C17H18N2O4/c1-10-4-7-12(14(8-10)19(2)17(21)22-3)16(20)13-9-15(23-18-13)11-5-6-11/h4,7-9,11H,5-6H2,1-3H3. The van der Waals surface area contributed by atoms with E-state index in [0.29, 0.717) is 17.2 Å². The molecule has 23 heavy (non-hydrogen) atoms. The fraction of sp³-hybridized carbons (Fsp3) is 0.353. The molecular weight excluding hydrogens is 296 g/mol. The van der Waals surface area contributed by atoms with E-state index in [1.54, 1.807) is 25.2 Å². The van der Waals surface area contributed by atoms with Crippen LogP contribution in [0.5, 0.6) is 0 Å². The Balaban J connectivity index is 1.97. The summed E-state index contributed by atoms with van der Waals surface area (Å²) in [4.78, 5) is 25.9. The van der Waals surface area contributed by atoms with Crippen molar-refractivity contribution in [3.05, 3.63) is 46.8 Å². The number of hydrogen-bond acceptors (Lipinski definition) is 5. The fourth-order valence-corrected chi connectivity index (χ4v) is 2.44. The number of rotatable bonds is 4. The number of hydrogen-bond donors (Lipinski definition) is 0. The molecule has 1 heterocycles. The molecular formula is C17H18N2O4. The zero-order chi connectivity index (χ0) is 16.6. The molecule has 0 atom stereocenters. The normalized spacial score (nSPS) is 13.7. The molecule has 3 rings (SSSR count). The number of carbonyl (C=O) groups is 2. The molecule has 0 saturated heterocycles. The van der Waals surface area contributed by atoms with Crippen LogP contribution >= 0.6 is 0 Å². The van der Waals surface area contributed by atoms with Gasteiger partial charge in [-0.25, -0.2) is 4.79 Å². The van der Waals surface area contributed by atoms with Crippen LogP contribution in [0, 0.1) is 6.92 Å². The molecule has 1 aliphatic rings. The molecule has 1 aromatic carbocycles. The second kappa shape index (κ2) is 5.87. The summed E-state index contributed by atoms with van der Waals surface area (Å²) in [7, 11) is 2.87. The van der Waals surface area contributed by atoms with Gasteiger partial charge < -0.3 is 9.26 Å². The quantitative estimate of drug-likeness (QED) is 0.810. The number of ether oxygens (including phenoxy) is 1. The summed E-state index contributed by atoms with van der Waals surface area (Å²) >= 11 is 0. The number of anilines is 1. The van der Waals surface area contributed by atoms with Gasteiger partial charge in [-0.05, 0) is 37.5 Å². The van der Waals surface area contributed by atoms with Gasteiger partial charge in [-0.2, -0.15) is 0 Å². The van der Waals surface area contributed by atoms with Crippen LogP contribution in [0.1, 0.15) is 46.1 Å². The van der Waals surface area contributed by atoms with Gasteiger partial charge in [0.1, 0.15) is 5.76 Å². The van der Waals surface area contributed by atoms with Crippen molar-refractivity contribution in [3.63, 3.8) is 0 Å². The van der Waals surface area contributed by atoms with Crippen molar-refractivity contribution in [1.82, 2.24) is 5.16 Å². The van der Waals surface area contributed by atoms with E-state index in [2.05, 4.69) is 5.16 Å². The highest BCUT2D eigenvalue weighted by Crippen LogP contribution is 2.40. The molecule has 0 aliphatic heterocycles. The van der Waals surface area contributed by atoms with E-state index in [4.69, 9.17) is 9.26 Å². The van der Waals surface area contributed by atoms with Gasteiger partial charge >= 0.3 is 6.09 Å². The zero-order valence-electron chi connectivity index (χ0n) is 13.3. The minimum Gasteiger partial charge on any atom is -0.452 e. The molecule has 0 spiro atoms. The molecule has 6 heteroatoms. The Morgan fingerprint density at radius 1 is 1.30 bits per heavy atom. The van der Waals surface area contributed by atoms with Crippen LogP contribution in [0.3, 0.4) is 0 Å². The minimum absolute atomic E-state index is 0.260. The van der Waals surface area contributed by atoms with Gasteiger partial charge in [0.2, 0.25) is 5.78 Å². The number of benzene rings is 1. The van der Waals surface area contributed by atoms with E-state index < -0.39 is 6.09 Å². The van der Waals surface area contributed by atoms with Gasteiger partial charge in [0, 0.05) is 24.6 Å². The number of ketones is 1. The first-order chi connectivity index (χ1) is 11.0. The van der Waals surface area contributed by atoms with E-state index in [1.807, 2.05) is 13.0 Å². The van der Waals surface area contributed by atoms with Crippen molar-refractivity contribution < 1.29 is 18.8 Å². The second-order valence-electron chi connectivity index (χ2n) is 5.77. The van der Waals surface area contributed by atoms with Gasteiger partial charge in [0.05, 0.1) is 12.8 Å². The maximum Gasteiger partial charge on any atom is 0.413 e. The molecule has 120 valence electrons. The summed E-state index contributed by atoms with van der Waals surface area (Å²) in [6.45, 7) is 1.89. The summed E-state index contributed by atoms with van der Waals surface area (Å²) in [6.07, 6.45) is 1.61. The smallest absolute Gasteiger partial charge is 0.413 e. The van der Waals surface area contributed by atoms with E-state index >= 15 is 0 Å². The Hall–Kier alpha value is -2.63. The van der Waals surface area contributed by atoms with Gasteiger partial charge in [-0.3, -0.25) is 9.69 Å². The molecule has 1 aliphatic carbocycles. The molecule has 1 fully saturated rings. The maximum absolute atomic E-state index is 12.7. The van der Waals surface area contributed by atoms with Crippen LogP contribution in [-0.4, -0.2) is 31.2 Å². The van der Waals surface area contributed by atoms with Gasteiger partial charge in [0.15, 0.2) is 5.69 Å². The van der Waals surface area contributed by atoms with Crippen LogP contribution in [0.15, 0.2) is 28.8 Å². The number of carbonyl (C=O) groups excluding carboxylic acids is 2. The summed E-state index contributed by atoms with van der Waals surface area (Å²) in [5, 5.41) is 3.88. The summed E-state index contributed by atoms with van der Waals surface area (Å²) in [6, 6.07) is 6.98. The lowest BCUT2D eigenvalue weighted by molar-refractivity contribution is 0.103. The Morgan fingerprint density at radius 2 is 2.04 bits per heavy atom. The van der Waals surface area contributed by atoms with E-state index in [-0.39, 0.29) is 11.5 Å². The molecule has 2 aromatic rings. The van der Waals surface area contributed by atoms with Crippen molar-refractivity contribution >= 4 is 17.6 Å². The van der Waals surface area contributed by atoms with E-state index in [0.717, 1.165) is 24.2 Å². The Morgan fingerprint density at radius 3 is 2.70 bits per heavy atom. The Bertz CT molecular complexity index is 762. The number of methoxy groups -OCH3 is 1. The van der Waals surface area contributed by atoms with E-state index in [9.17, 15) is 9.59 Å². The van der Waals surface area contributed by atoms with Crippen molar-refractivity contribution in [3.8, 4) is 0 Å². The van der Waals surface area contributed by atoms with Crippen molar-refractivity contribution in [1.29, 1.82) is 0 Å². The number of aryl methyl sites for hydroxylation is 1. The third-order valence-electron chi connectivity index (χ3n) is 3.95. The molecule has 6 nitrogen and oxygen atoms in total. The Labute approximate surface area is 134 Å². The summed E-state index contributed by atoms with van der Waals surface area (Å²) in [5.41, 5.74) is 2.07. The molecule has 0 radical (unpaired) electrons. The largest absolute Gasteiger partial charge is 0.452 e. The first-order valence-electron chi connectivity index (χ1n) is 7.45. The lowest BCUT2D eigenvalue weighted by atomic mass is 10.0. The van der Waals surface area contributed by atoms with Crippen molar-refractivity contribution in [2.75, 3.05) is 19.1 Å². The number of amides is 1. The van der Waals surface area contributed by atoms with Crippen LogP contribution in [0.25, 0.3) is 0 Å². The van der Waals surface area contributed by atoms with Crippen LogP contribution in [0.2, 0.25) is 0 Å². The predicted octanol–water partition coefficient (Wildman–Crippen LogP) is 3.29. The van der Waals surface area contributed by atoms with Crippen LogP contribution in [0.4, 0.5) is 10.5 Å². The van der Waals surface area contributed by atoms with Gasteiger partial charge in [-0.1, -0.05) is 11.2 Å². The summed E-state index contributed by atoms with van der Waals surface area (Å²) in [5.74, 6) is 0.869. The predicted molar refractivity (Wildman–Crippen MR) is 83.9 cm³/mol. The lowest BCUT2D eigenvalue weighted by Gasteiger charge is -2.19. The second-order valence-corrected chi connectivity index (χ2v) is 5.77. The highest BCUT2D eigenvalue weighted by Gasteiger charge is 2.30. The monoisotopic (exact) mass is 314 g/mol. The third kappa shape index (κ3) is 2.97. The van der Waals surface area contributed by atoms with E-state index in [1.165, 1.54) is 12.0 Å². The number of aromatic nitrogens is 1. The van der Waals surface area contributed by atoms with Crippen LogP contribution < -0.4 is 4.90 Å².